The molecule has 1 fully saturated rings. The molecule has 0 spiro atoms. The molecule has 0 saturated carbocycles. The van der Waals surface area contributed by atoms with Gasteiger partial charge >= 0.3 is 0 Å². The fourth-order valence-corrected chi connectivity index (χ4v) is 5.85. The van der Waals surface area contributed by atoms with Gasteiger partial charge in [-0.25, -0.2) is 9.99 Å². The van der Waals surface area contributed by atoms with Crippen LogP contribution in [0.4, 0.5) is 22.9 Å². The minimum absolute atomic E-state index is 0.0233. The number of anilines is 4. The number of fused-ring (bicyclic) bond motifs is 1. The third-order valence-corrected chi connectivity index (χ3v) is 7.45. The highest BCUT2D eigenvalue weighted by Crippen LogP contribution is 2.48. The van der Waals surface area contributed by atoms with Crippen molar-refractivity contribution in [2.24, 2.45) is 4.99 Å². The Bertz CT molecular complexity index is 1170. The minimum atomic E-state index is 0.0233. The Labute approximate surface area is 200 Å². The van der Waals surface area contributed by atoms with Gasteiger partial charge in [0.2, 0.25) is 0 Å². The van der Waals surface area contributed by atoms with Crippen LogP contribution >= 0.6 is 11.8 Å². The maximum atomic E-state index is 6.36. The molecule has 1 unspecified atom stereocenters. The zero-order valence-electron chi connectivity index (χ0n) is 19.4. The second-order valence-electron chi connectivity index (χ2n) is 8.51. The van der Waals surface area contributed by atoms with E-state index in [-0.39, 0.29) is 6.04 Å². The smallest absolute Gasteiger partial charge is 0.128 e. The second-order valence-corrected chi connectivity index (χ2v) is 9.74. The number of aliphatic imine (C=N–C) groups is 1. The van der Waals surface area contributed by atoms with E-state index in [9.17, 15) is 0 Å². The Morgan fingerprint density at radius 1 is 1.06 bits per heavy atom. The summed E-state index contributed by atoms with van der Waals surface area (Å²) in [5.41, 5.74) is 14.0. The van der Waals surface area contributed by atoms with E-state index in [4.69, 9.17) is 10.7 Å². The van der Waals surface area contributed by atoms with Crippen molar-refractivity contribution in [3.05, 3.63) is 77.0 Å². The highest BCUT2D eigenvalue weighted by molar-refractivity contribution is 7.99. The van der Waals surface area contributed by atoms with E-state index in [1.807, 2.05) is 36.3 Å². The number of benzene rings is 2. The van der Waals surface area contributed by atoms with Gasteiger partial charge in [0.05, 0.1) is 23.6 Å². The zero-order chi connectivity index (χ0) is 22.9. The summed E-state index contributed by atoms with van der Waals surface area (Å²) < 4.78 is 0. The summed E-state index contributed by atoms with van der Waals surface area (Å²) in [4.78, 5) is 11.5. The lowest BCUT2D eigenvalue weighted by Crippen LogP contribution is -2.35. The van der Waals surface area contributed by atoms with Gasteiger partial charge in [0, 0.05) is 61.7 Å². The standard InChI is InChI=1S/C26H30N6S/c1-18-6-4-8-21-25(18)32(19-10-11-24(29-16-19)31-12-14-33-15-13-31)30(3)26(21)20-7-5-9-23(27)22(20)17-28-2/h4-11,16-17,26H,12-15,27H2,1-3H3. The first kappa shape index (κ1) is 21.8. The molecule has 0 amide bonds. The van der Waals surface area contributed by atoms with Gasteiger partial charge in [-0.3, -0.25) is 10.0 Å². The van der Waals surface area contributed by atoms with Gasteiger partial charge in [0.15, 0.2) is 0 Å². The molecule has 0 aliphatic carbocycles. The van der Waals surface area contributed by atoms with Crippen molar-refractivity contribution in [2.75, 3.05) is 54.3 Å². The summed E-state index contributed by atoms with van der Waals surface area (Å²) >= 11 is 2.01. The van der Waals surface area contributed by atoms with Gasteiger partial charge in [-0.05, 0) is 36.2 Å². The predicted molar refractivity (Wildman–Crippen MR) is 141 cm³/mol. The van der Waals surface area contributed by atoms with E-state index in [0.717, 1.165) is 52.9 Å². The Kier molecular flexibility index (Phi) is 6.00. The van der Waals surface area contributed by atoms with Crippen LogP contribution in [0.25, 0.3) is 0 Å². The maximum absolute atomic E-state index is 6.36. The van der Waals surface area contributed by atoms with Gasteiger partial charge in [0.1, 0.15) is 5.82 Å². The Morgan fingerprint density at radius 2 is 1.82 bits per heavy atom. The van der Waals surface area contributed by atoms with E-state index < -0.39 is 0 Å². The molecule has 5 rings (SSSR count). The van der Waals surface area contributed by atoms with Crippen LogP contribution in [0.5, 0.6) is 0 Å². The van der Waals surface area contributed by atoms with Crippen LogP contribution in [0.3, 0.4) is 0 Å². The predicted octanol–water partition coefficient (Wildman–Crippen LogP) is 4.66. The lowest BCUT2D eigenvalue weighted by atomic mass is 9.93. The Hall–Kier alpha value is -3.03. The molecule has 6 nitrogen and oxygen atoms in total. The average molecular weight is 459 g/mol. The quantitative estimate of drug-likeness (QED) is 0.453. The minimum Gasteiger partial charge on any atom is -0.398 e. The van der Waals surface area contributed by atoms with Crippen LogP contribution in [-0.4, -0.2) is 54.9 Å². The molecule has 3 aromatic rings. The lowest BCUT2D eigenvalue weighted by molar-refractivity contribution is 0.311. The SMILES string of the molecule is CN=Cc1c(N)cccc1C1c2cccc(C)c2N(c2ccc(N3CCSCC3)nc2)N1C. The van der Waals surface area contributed by atoms with E-state index in [1.165, 1.54) is 16.8 Å². The number of hydrazine groups is 1. The number of hydrogen-bond donors (Lipinski definition) is 1. The van der Waals surface area contributed by atoms with Crippen molar-refractivity contribution in [3.63, 3.8) is 0 Å². The number of aryl methyl sites for hydroxylation is 1. The fraction of sp³-hybridized carbons (Fsp3) is 0.308. The molecule has 33 heavy (non-hydrogen) atoms. The molecule has 0 bridgehead atoms. The Balaban J connectivity index is 1.58. The van der Waals surface area contributed by atoms with Crippen molar-refractivity contribution in [1.29, 1.82) is 0 Å². The molecule has 170 valence electrons. The number of nitrogens with zero attached hydrogens (tertiary/aromatic N) is 5. The maximum Gasteiger partial charge on any atom is 0.128 e. The van der Waals surface area contributed by atoms with E-state index in [1.54, 1.807) is 7.05 Å². The third-order valence-electron chi connectivity index (χ3n) is 6.50. The number of thioether (sulfide) groups is 1. The molecular formula is C26H30N6S. The van der Waals surface area contributed by atoms with Gasteiger partial charge in [-0.15, -0.1) is 0 Å². The largest absolute Gasteiger partial charge is 0.398 e. The van der Waals surface area contributed by atoms with Crippen LogP contribution in [0, 0.1) is 6.92 Å². The van der Waals surface area contributed by atoms with E-state index in [2.05, 4.69) is 70.3 Å². The molecule has 2 aromatic carbocycles. The number of pyridine rings is 1. The molecule has 2 aliphatic heterocycles. The van der Waals surface area contributed by atoms with Gasteiger partial charge in [0.25, 0.3) is 0 Å². The van der Waals surface area contributed by atoms with Crippen LogP contribution in [0.15, 0.2) is 59.7 Å². The molecule has 0 radical (unpaired) electrons. The number of aromatic nitrogens is 1. The number of para-hydroxylation sites is 1. The highest BCUT2D eigenvalue weighted by atomic mass is 32.2. The summed E-state index contributed by atoms with van der Waals surface area (Å²) in [6, 6.07) is 17.0. The van der Waals surface area contributed by atoms with Gasteiger partial charge in [-0.1, -0.05) is 30.3 Å². The summed E-state index contributed by atoms with van der Waals surface area (Å²) in [5, 5.41) is 4.57. The second kappa shape index (κ2) is 9.08. The summed E-state index contributed by atoms with van der Waals surface area (Å²) in [6.45, 7) is 4.28. The molecule has 3 heterocycles. The van der Waals surface area contributed by atoms with Gasteiger partial charge < -0.3 is 10.6 Å². The summed E-state index contributed by atoms with van der Waals surface area (Å²) in [5.74, 6) is 3.38. The number of nitrogen functional groups attached to an aromatic ring is 1. The summed E-state index contributed by atoms with van der Waals surface area (Å²) in [6.07, 6.45) is 3.86. The molecule has 1 atom stereocenters. The van der Waals surface area contributed by atoms with Crippen molar-refractivity contribution in [2.45, 2.75) is 13.0 Å². The molecule has 7 heteroatoms. The van der Waals surface area contributed by atoms with Crippen LogP contribution < -0.4 is 15.6 Å². The van der Waals surface area contributed by atoms with Crippen molar-refractivity contribution >= 4 is 40.9 Å². The molecule has 1 aromatic heterocycles. The van der Waals surface area contributed by atoms with Gasteiger partial charge in [-0.2, -0.15) is 11.8 Å². The Morgan fingerprint density at radius 3 is 2.55 bits per heavy atom. The molecule has 2 aliphatic rings. The molecule has 1 saturated heterocycles. The third kappa shape index (κ3) is 3.85. The first-order valence-electron chi connectivity index (χ1n) is 11.3. The molecular weight excluding hydrogens is 428 g/mol. The number of rotatable bonds is 4. The zero-order valence-corrected chi connectivity index (χ0v) is 20.2. The van der Waals surface area contributed by atoms with Crippen LogP contribution in [0.1, 0.15) is 28.3 Å². The monoisotopic (exact) mass is 458 g/mol. The highest BCUT2D eigenvalue weighted by Gasteiger charge is 2.38. The van der Waals surface area contributed by atoms with Crippen molar-refractivity contribution < 1.29 is 0 Å². The fourth-order valence-electron chi connectivity index (χ4n) is 4.95. The first-order chi connectivity index (χ1) is 16.1. The van der Waals surface area contributed by atoms with Crippen molar-refractivity contribution in [1.82, 2.24) is 9.99 Å². The van der Waals surface area contributed by atoms with Crippen LogP contribution in [0.2, 0.25) is 0 Å². The first-order valence-corrected chi connectivity index (χ1v) is 12.5. The number of hydrogen-bond acceptors (Lipinski definition) is 7. The van der Waals surface area contributed by atoms with E-state index in [0.29, 0.717) is 0 Å². The average Bonchev–Trinajstić information content (AvgIpc) is 3.14. The number of nitrogens with two attached hydrogens (primary N) is 1. The molecule has 2 N–H and O–H groups in total. The van der Waals surface area contributed by atoms with E-state index >= 15 is 0 Å². The topological polar surface area (TPSA) is 61.0 Å². The van der Waals surface area contributed by atoms with Crippen LogP contribution in [-0.2, 0) is 0 Å². The lowest BCUT2D eigenvalue weighted by Gasteiger charge is -2.32. The van der Waals surface area contributed by atoms with Crippen molar-refractivity contribution in [3.8, 4) is 0 Å². The summed E-state index contributed by atoms with van der Waals surface area (Å²) in [7, 11) is 3.92. The normalized spacial score (nSPS) is 18.8.